The molecule has 174 valence electrons. The van der Waals surface area contributed by atoms with Crippen molar-refractivity contribution in [1.82, 2.24) is 0 Å². The van der Waals surface area contributed by atoms with E-state index in [1.807, 2.05) is 65.8 Å². The lowest BCUT2D eigenvalue weighted by atomic mass is 9.78. The van der Waals surface area contributed by atoms with Gasteiger partial charge in [0.2, 0.25) is 0 Å². The molecular formula is C27H42O4. The van der Waals surface area contributed by atoms with Crippen LogP contribution in [-0.2, 0) is 14.9 Å². The molecule has 0 radical (unpaired) electrons. The molecule has 0 amide bonds. The van der Waals surface area contributed by atoms with E-state index in [-0.39, 0.29) is 17.6 Å². The highest BCUT2D eigenvalue weighted by molar-refractivity contribution is 5.41. The number of rotatable bonds is 8. The molecule has 0 aromatic heterocycles. The number of ether oxygens (including phenoxy) is 4. The van der Waals surface area contributed by atoms with E-state index in [0.717, 1.165) is 24.7 Å². The summed E-state index contributed by atoms with van der Waals surface area (Å²) in [5.41, 5.74) is 2.42. The molecule has 2 aliphatic heterocycles. The molecule has 2 atom stereocenters. The Morgan fingerprint density at radius 3 is 1.19 bits per heavy atom. The van der Waals surface area contributed by atoms with Crippen molar-refractivity contribution in [3.05, 3.63) is 59.7 Å². The maximum Gasteiger partial charge on any atom is 0.119 e. The molecule has 4 nitrogen and oxygen atoms in total. The van der Waals surface area contributed by atoms with Gasteiger partial charge in [0.1, 0.15) is 36.9 Å². The number of benzene rings is 2. The van der Waals surface area contributed by atoms with Crippen LogP contribution in [0.1, 0.15) is 66.5 Å². The van der Waals surface area contributed by atoms with Gasteiger partial charge in [-0.05, 0) is 35.4 Å². The van der Waals surface area contributed by atoms with E-state index in [0.29, 0.717) is 13.2 Å². The van der Waals surface area contributed by atoms with E-state index >= 15 is 0 Å². The van der Waals surface area contributed by atoms with Crippen molar-refractivity contribution in [3.8, 4) is 11.5 Å². The Kier molecular flexibility index (Phi) is 12.3. The van der Waals surface area contributed by atoms with Gasteiger partial charge in [-0.3, -0.25) is 0 Å². The van der Waals surface area contributed by atoms with Gasteiger partial charge in [0.15, 0.2) is 0 Å². The maximum absolute atomic E-state index is 5.72. The lowest BCUT2D eigenvalue weighted by molar-refractivity contribution is 0.263. The Bertz CT molecular complexity index is 638. The zero-order valence-electron chi connectivity index (χ0n) is 20.7. The molecule has 2 aromatic rings. The number of hydrogen-bond acceptors (Lipinski definition) is 4. The minimum Gasteiger partial charge on any atom is -0.491 e. The van der Waals surface area contributed by atoms with Gasteiger partial charge in [-0.15, -0.1) is 0 Å². The molecule has 0 aliphatic carbocycles. The lowest BCUT2D eigenvalue weighted by Crippen LogP contribution is -2.18. The third-order valence-electron chi connectivity index (χ3n) is 4.83. The van der Waals surface area contributed by atoms with E-state index in [1.54, 1.807) is 0 Å². The smallest absolute Gasteiger partial charge is 0.119 e. The third-order valence-corrected chi connectivity index (χ3v) is 4.83. The van der Waals surface area contributed by atoms with Gasteiger partial charge in [-0.2, -0.15) is 0 Å². The summed E-state index contributed by atoms with van der Waals surface area (Å²) >= 11 is 0. The average Bonchev–Trinajstić information content (AvgIpc) is 3.76. The van der Waals surface area contributed by atoms with Crippen molar-refractivity contribution >= 4 is 0 Å². The summed E-state index contributed by atoms with van der Waals surface area (Å²) in [6.45, 7) is 19.4. The second-order valence-corrected chi connectivity index (χ2v) is 7.21. The quantitative estimate of drug-likeness (QED) is 0.440. The topological polar surface area (TPSA) is 43.5 Å². The Morgan fingerprint density at radius 1 is 0.645 bits per heavy atom. The van der Waals surface area contributed by atoms with Crippen LogP contribution in [0.25, 0.3) is 0 Å². The Hall–Kier alpha value is -2.04. The van der Waals surface area contributed by atoms with Crippen LogP contribution in [0.5, 0.6) is 11.5 Å². The van der Waals surface area contributed by atoms with Crippen LogP contribution >= 0.6 is 0 Å². The SMILES string of the molecule is CC.CC.CC.CC(C)(c1ccc(OCC2CO2)cc1)c1ccc(OCC2CO2)cc1. The monoisotopic (exact) mass is 430 g/mol. The second-order valence-electron chi connectivity index (χ2n) is 7.21. The molecule has 2 unspecified atom stereocenters. The van der Waals surface area contributed by atoms with Crippen LogP contribution in [0.4, 0.5) is 0 Å². The van der Waals surface area contributed by atoms with Crippen molar-refractivity contribution in [2.75, 3.05) is 26.4 Å². The summed E-state index contributed by atoms with van der Waals surface area (Å²) < 4.78 is 21.8. The zero-order valence-corrected chi connectivity index (χ0v) is 20.7. The van der Waals surface area contributed by atoms with E-state index in [4.69, 9.17) is 18.9 Å². The highest BCUT2D eigenvalue weighted by Gasteiger charge is 2.25. The largest absolute Gasteiger partial charge is 0.491 e. The molecule has 2 heterocycles. The van der Waals surface area contributed by atoms with Crippen molar-refractivity contribution < 1.29 is 18.9 Å². The van der Waals surface area contributed by atoms with Gasteiger partial charge in [0, 0.05) is 5.41 Å². The van der Waals surface area contributed by atoms with Gasteiger partial charge in [0.25, 0.3) is 0 Å². The van der Waals surface area contributed by atoms with Crippen LogP contribution in [0.3, 0.4) is 0 Å². The van der Waals surface area contributed by atoms with E-state index < -0.39 is 0 Å². The van der Waals surface area contributed by atoms with Gasteiger partial charge in [-0.1, -0.05) is 79.7 Å². The maximum atomic E-state index is 5.72. The summed E-state index contributed by atoms with van der Waals surface area (Å²) in [5, 5.41) is 0. The average molecular weight is 431 g/mol. The summed E-state index contributed by atoms with van der Waals surface area (Å²) in [6.07, 6.45) is 0.562. The summed E-state index contributed by atoms with van der Waals surface area (Å²) in [6, 6.07) is 16.7. The highest BCUT2D eigenvalue weighted by Crippen LogP contribution is 2.33. The second kappa shape index (κ2) is 14.1. The summed E-state index contributed by atoms with van der Waals surface area (Å²) in [7, 11) is 0. The zero-order chi connectivity index (χ0) is 23.3. The first-order valence-corrected chi connectivity index (χ1v) is 11.8. The molecule has 2 aromatic carbocycles. The molecular weight excluding hydrogens is 388 g/mol. The van der Waals surface area contributed by atoms with Crippen LogP contribution in [-0.4, -0.2) is 38.6 Å². The Balaban J connectivity index is 0.000000739. The van der Waals surface area contributed by atoms with Gasteiger partial charge in [0.05, 0.1) is 13.2 Å². The fourth-order valence-electron chi connectivity index (χ4n) is 2.81. The Labute approximate surface area is 189 Å². The molecule has 2 fully saturated rings. The first-order valence-electron chi connectivity index (χ1n) is 11.8. The first-order chi connectivity index (χ1) is 15.1. The summed E-state index contributed by atoms with van der Waals surface area (Å²) in [4.78, 5) is 0. The molecule has 0 spiro atoms. The molecule has 2 aliphatic rings. The van der Waals surface area contributed by atoms with E-state index in [2.05, 4.69) is 38.1 Å². The van der Waals surface area contributed by atoms with Gasteiger partial charge >= 0.3 is 0 Å². The fraction of sp³-hybridized carbons (Fsp3) is 0.556. The molecule has 0 bridgehead atoms. The normalized spacial score (nSPS) is 18.1. The van der Waals surface area contributed by atoms with E-state index in [1.165, 1.54) is 11.1 Å². The van der Waals surface area contributed by atoms with E-state index in [9.17, 15) is 0 Å². The highest BCUT2D eigenvalue weighted by atomic mass is 16.6. The molecule has 0 N–H and O–H groups in total. The van der Waals surface area contributed by atoms with Crippen LogP contribution in [0.15, 0.2) is 48.5 Å². The minimum absolute atomic E-state index is 0.0870. The van der Waals surface area contributed by atoms with Crippen molar-refractivity contribution in [2.45, 2.75) is 73.0 Å². The van der Waals surface area contributed by atoms with Crippen LogP contribution in [0, 0.1) is 0 Å². The molecule has 0 saturated carbocycles. The fourth-order valence-corrected chi connectivity index (χ4v) is 2.81. The minimum atomic E-state index is -0.0870. The first kappa shape index (κ1) is 27.0. The third kappa shape index (κ3) is 8.92. The molecule has 2 saturated heterocycles. The van der Waals surface area contributed by atoms with Crippen LogP contribution in [0.2, 0.25) is 0 Å². The van der Waals surface area contributed by atoms with Crippen molar-refractivity contribution in [3.63, 3.8) is 0 Å². The molecule has 31 heavy (non-hydrogen) atoms. The van der Waals surface area contributed by atoms with Crippen molar-refractivity contribution in [2.24, 2.45) is 0 Å². The Morgan fingerprint density at radius 2 is 0.935 bits per heavy atom. The lowest BCUT2D eigenvalue weighted by Gasteiger charge is -2.26. The van der Waals surface area contributed by atoms with Crippen LogP contribution < -0.4 is 9.47 Å². The van der Waals surface area contributed by atoms with Gasteiger partial charge < -0.3 is 18.9 Å². The summed E-state index contributed by atoms with van der Waals surface area (Å²) in [5.74, 6) is 1.78. The molecule has 4 heteroatoms. The number of hydrogen-bond donors (Lipinski definition) is 0. The van der Waals surface area contributed by atoms with Gasteiger partial charge in [-0.25, -0.2) is 0 Å². The standard InChI is InChI=1S/C21H24O4.3C2H6/c1-21(2,15-3-7-17(8-4-15)22-11-19-13-24-19)16-5-9-18(10-6-16)23-12-20-14-25-20;3*1-2/h3-10,19-20H,11-14H2,1-2H3;3*1-2H3. The number of epoxide rings is 2. The predicted octanol–water partition coefficient (Wildman–Crippen LogP) is 6.65. The van der Waals surface area contributed by atoms with Crippen molar-refractivity contribution in [1.29, 1.82) is 0 Å². The molecule has 4 rings (SSSR count). The predicted molar refractivity (Wildman–Crippen MR) is 130 cm³/mol.